The molecule has 3 N–H and O–H groups in total. The van der Waals surface area contributed by atoms with Gasteiger partial charge in [-0.05, 0) is 31.2 Å². The van der Waals surface area contributed by atoms with Crippen LogP contribution in [0.3, 0.4) is 0 Å². The second-order valence-electron chi connectivity index (χ2n) is 6.87. The minimum atomic E-state index is -4.11. The Bertz CT molecular complexity index is 1500. The summed E-state index contributed by atoms with van der Waals surface area (Å²) in [5, 5.41) is 19.7. The normalized spacial score (nSPS) is 13.5. The molecular weight excluding hydrogens is 468 g/mol. The van der Waals surface area contributed by atoms with Gasteiger partial charge in [-0.25, -0.2) is 13.4 Å². The molecular formula is C20H16N6O5S2. The molecule has 0 saturated carbocycles. The molecule has 0 bridgehead atoms. The number of nitriles is 1. The Labute approximate surface area is 191 Å². The van der Waals surface area contributed by atoms with Crippen LogP contribution in [0.5, 0.6) is 0 Å². The topological polar surface area (TPSA) is 171 Å². The number of benzene rings is 2. The molecule has 33 heavy (non-hydrogen) atoms. The first-order valence-electron chi connectivity index (χ1n) is 9.47. The Morgan fingerprint density at radius 1 is 1.24 bits per heavy atom. The number of ether oxygens (including phenoxy) is 1. The number of carbonyl (C=O) groups excluding carboxylic acids is 1. The molecule has 0 amide bonds. The predicted molar refractivity (Wildman–Crippen MR) is 119 cm³/mol. The first kappa shape index (κ1) is 22.3. The van der Waals surface area contributed by atoms with Gasteiger partial charge in [0.15, 0.2) is 11.6 Å². The number of allylic oxidation sites excluding steroid dienone is 1. The van der Waals surface area contributed by atoms with Crippen LogP contribution in [0.2, 0.25) is 0 Å². The van der Waals surface area contributed by atoms with Crippen LogP contribution in [0, 0.1) is 11.3 Å². The van der Waals surface area contributed by atoms with Crippen molar-refractivity contribution in [3.05, 3.63) is 54.0 Å². The summed E-state index contributed by atoms with van der Waals surface area (Å²) in [6.45, 7) is 0.654. The van der Waals surface area contributed by atoms with Crippen LogP contribution >= 0.6 is 11.7 Å². The number of esters is 1. The van der Waals surface area contributed by atoms with Crippen LogP contribution in [0.25, 0.3) is 27.6 Å². The predicted octanol–water partition coefficient (Wildman–Crippen LogP) is 2.27. The van der Waals surface area contributed by atoms with E-state index >= 15 is 0 Å². The number of nitrogens with one attached hydrogen (secondary N) is 2. The van der Waals surface area contributed by atoms with E-state index in [0.717, 1.165) is 11.7 Å². The number of aliphatic hydroxyl groups is 1. The Kier molecular flexibility index (Phi) is 6.05. The summed E-state index contributed by atoms with van der Waals surface area (Å²) in [4.78, 5) is 19.4. The molecule has 4 aromatic rings. The number of sulfonamides is 1. The van der Waals surface area contributed by atoms with Crippen molar-refractivity contribution < 1.29 is 23.1 Å². The monoisotopic (exact) mass is 484 g/mol. The van der Waals surface area contributed by atoms with Crippen LogP contribution in [-0.2, 0) is 19.6 Å². The molecule has 1 atom stereocenters. The molecule has 13 heteroatoms. The number of imidazole rings is 1. The third kappa shape index (κ3) is 4.53. The van der Waals surface area contributed by atoms with E-state index in [1.165, 1.54) is 19.1 Å². The first-order chi connectivity index (χ1) is 15.8. The van der Waals surface area contributed by atoms with Crippen LogP contribution < -0.4 is 4.72 Å². The van der Waals surface area contributed by atoms with Gasteiger partial charge in [-0.2, -0.15) is 18.7 Å². The van der Waals surface area contributed by atoms with Gasteiger partial charge in [-0.15, -0.1) is 0 Å². The number of rotatable bonds is 7. The molecule has 168 valence electrons. The lowest BCUT2D eigenvalue weighted by molar-refractivity contribution is -0.144. The van der Waals surface area contributed by atoms with Gasteiger partial charge in [0.25, 0.3) is 0 Å². The number of hydrogen-bond acceptors (Lipinski definition) is 10. The van der Waals surface area contributed by atoms with Crippen molar-refractivity contribution in [1.29, 1.82) is 5.26 Å². The number of aromatic amines is 1. The number of para-hydroxylation sites is 2. The number of hydrogen-bond donors (Lipinski definition) is 3. The van der Waals surface area contributed by atoms with E-state index in [1.54, 1.807) is 30.3 Å². The summed E-state index contributed by atoms with van der Waals surface area (Å²) in [5.74, 6) is -1.36. The molecule has 0 saturated heterocycles. The van der Waals surface area contributed by atoms with Gasteiger partial charge in [0.2, 0.25) is 10.0 Å². The SMILES string of the molecule is C[C@@H](NS(=O)(=O)c1cccc2nsnc12)C(=O)OC/C(O)=C(\C#N)c1nc2ccccc2[nH]1. The highest BCUT2D eigenvalue weighted by Crippen LogP contribution is 2.22. The van der Waals surface area contributed by atoms with Crippen molar-refractivity contribution in [2.45, 2.75) is 17.9 Å². The number of carbonyl (C=O) groups is 1. The Hall–Kier alpha value is -3.86. The molecule has 0 fully saturated rings. The van der Waals surface area contributed by atoms with Gasteiger partial charge >= 0.3 is 5.97 Å². The van der Waals surface area contributed by atoms with Crippen molar-refractivity contribution in [2.24, 2.45) is 0 Å². The highest BCUT2D eigenvalue weighted by atomic mass is 32.2. The number of aliphatic hydroxyl groups excluding tert-OH is 1. The average molecular weight is 485 g/mol. The second-order valence-corrected chi connectivity index (χ2v) is 9.09. The maximum absolute atomic E-state index is 12.7. The van der Waals surface area contributed by atoms with E-state index in [2.05, 4.69) is 23.4 Å². The van der Waals surface area contributed by atoms with Crippen LogP contribution in [0.15, 0.2) is 53.1 Å². The summed E-state index contributed by atoms with van der Waals surface area (Å²) < 4.78 is 40.7. The quantitative estimate of drug-likeness (QED) is 0.202. The van der Waals surface area contributed by atoms with Gasteiger partial charge < -0.3 is 14.8 Å². The zero-order chi connectivity index (χ0) is 23.6. The van der Waals surface area contributed by atoms with Crippen molar-refractivity contribution in [1.82, 2.24) is 23.4 Å². The fourth-order valence-electron chi connectivity index (χ4n) is 3.00. The maximum Gasteiger partial charge on any atom is 0.324 e. The smallest absolute Gasteiger partial charge is 0.324 e. The first-order valence-corrected chi connectivity index (χ1v) is 11.7. The largest absolute Gasteiger partial charge is 0.507 e. The molecule has 0 aliphatic rings. The lowest BCUT2D eigenvalue weighted by atomic mass is 10.2. The van der Waals surface area contributed by atoms with E-state index in [1.807, 2.05) is 6.07 Å². The minimum Gasteiger partial charge on any atom is -0.507 e. The van der Waals surface area contributed by atoms with Crippen molar-refractivity contribution in [3.63, 3.8) is 0 Å². The molecule has 4 rings (SSSR count). The van der Waals surface area contributed by atoms with E-state index in [0.29, 0.717) is 16.6 Å². The summed E-state index contributed by atoms with van der Waals surface area (Å²) in [6.07, 6.45) is 0. The van der Waals surface area contributed by atoms with Crippen LogP contribution in [-0.4, -0.2) is 50.9 Å². The maximum atomic E-state index is 12.7. The molecule has 0 aliphatic heterocycles. The summed E-state index contributed by atoms with van der Waals surface area (Å²) >= 11 is 0.873. The zero-order valence-corrected chi connectivity index (χ0v) is 18.6. The summed E-state index contributed by atoms with van der Waals surface area (Å²) in [7, 11) is -4.11. The molecule has 2 heterocycles. The highest BCUT2D eigenvalue weighted by Gasteiger charge is 2.26. The Morgan fingerprint density at radius 3 is 2.76 bits per heavy atom. The van der Waals surface area contributed by atoms with Gasteiger partial charge in [0.05, 0.1) is 22.8 Å². The number of fused-ring (bicyclic) bond motifs is 2. The highest BCUT2D eigenvalue weighted by molar-refractivity contribution is 7.89. The van der Waals surface area contributed by atoms with Gasteiger partial charge in [-0.1, -0.05) is 18.2 Å². The molecule has 2 aromatic heterocycles. The third-order valence-electron chi connectivity index (χ3n) is 4.60. The number of H-pyrrole nitrogens is 1. The molecule has 2 aromatic carbocycles. The van der Waals surface area contributed by atoms with E-state index < -0.39 is 34.4 Å². The summed E-state index contributed by atoms with van der Waals surface area (Å²) in [6, 6.07) is 12.1. The zero-order valence-electron chi connectivity index (χ0n) is 17.0. The van der Waals surface area contributed by atoms with E-state index in [9.17, 15) is 23.6 Å². The fraction of sp³-hybridized carbons (Fsp3) is 0.150. The second kappa shape index (κ2) is 8.94. The van der Waals surface area contributed by atoms with Gasteiger partial charge in [0, 0.05) is 0 Å². The minimum absolute atomic E-state index is 0.117. The van der Waals surface area contributed by atoms with Crippen molar-refractivity contribution in [3.8, 4) is 6.07 Å². The third-order valence-corrected chi connectivity index (χ3v) is 6.72. The molecule has 0 spiro atoms. The van der Waals surface area contributed by atoms with Crippen molar-refractivity contribution >= 4 is 55.4 Å². The molecule has 0 radical (unpaired) electrons. The molecule has 0 aliphatic carbocycles. The van der Waals surface area contributed by atoms with E-state index in [4.69, 9.17) is 4.74 Å². The molecule has 0 unspecified atom stereocenters. The fourth-order valence-corrected chi connectivity index (χ4v) is 4.96. The number of aromatic nitrogens is 4. The lowest BCUT2D eigenvalue weighted by Crippen LogP contribution is -2.39. The summed E-state index contributed by atoms with van der Waals surface area (Å²) in [5.41, 5.74) is 1.68. The van der Waals surface area contributed by atoms with E-state index in [-0.39, 0.29) is 21.8 Å². The average Bonchev–Trinajstić information content (AvgIpc) is 3.44. The molecule has 11 nitrogen and oxygen atoms in total. The Morgan fingerprint density at radius 2 is 2.00 bits per heavy atom. The van der Waals surface area contributed by atoms with Gasteiger partial charge in [0.1, 0.15) is 40.2 Å². The standard InChI is InChI=1S/C20H16N6O5S2/c1-11(26-33(29,30)17-8-4-7-15-18(17)25-32-24-15)20(28)31-10-16(27)12(9-21)19-22-13-5-2-3-6-14(13)23-19/h2-8,11,26-27H,10H2,1H3,(H,22,23)/b16-12-/t11-/m1/s1. The van der Waals surface area contributed by atoms with Crippen molar-refractivity contribution in [2.75, 3.05) is 6.61 Å². The van der Waals surface area contributed by atoms with Crippen LogP contribution in [0.1, 0.15) is 12.7 Å². The lowest BCUT2D eigenvalue weighted by Gasteiger charge is -2.14. The number of nitrogens with zero attached hydrogens (tertiary/aromatic N) is 4. The Balaban J connectivity index is 1.46. The van der Waals surface area contributed by atoms with Crippen LogP contribution in [0.4, 0.5) is 0 Å². The van der Waals surface area contributed by atoms with Gasteiger partial charge in [-0.3, -0.25) is 4.79 Å².